The molecule has 0 saturated carbocycles. The van der Waals surface area contributed by atoms with Gasteiger partial charge in [-0.05, 0) is 25.2 Å². The van der Waals surface area contributed by atoms with Gasteiger partial charge >= 0.3 is 0 Å². The van der Waals surface area contributed by atoms with E-state index in [9.17, 15) is 5.11 Å². The van der Waals surface area contributed by atoms with Crippen LogP contribution in [0.15, 0.2) is 0 Å². The molecule has 0 amide bonds. The lowest BCUT2D eigenvalue weighted by atomic mass is 9.91. The molecular formula is C8H15NO. The van der Waals surface area contributed by atoms with Gasteiger partial charge in [0.15, 0.2) is 0 Å². The maximum atomic E-state index is 9.52. The third kappa shape index (κ3) is 0.867. The fourth-order valence-electron chi connectivity index (χ4n) is 2.23. The molecule has 58 valence electrons. The van der Waals surface area contributed by atoms with E-state index >= 15 is 0 Å². The zero-order valence-corrected chi connectivity index (χ0v) is 6.38. The third-order valence-corrected chi connectivity index (χ3v) is 3.04. The van der Waals surface area contributed by atoms with E-state index in [1.165, 1.54) is 12.8 Å². The smallest absolute Gasteiger partial charge is 0.0595 e. The second-order valence-corrected chi connectivity index (χ2v) is 3.71. The SMILES string of the molecule is CC1C(O)CC2CCC1N2. The molecule has 0 aliphatic carbocycles. The average Bonchev–Trinajstić information content (AvgIpc) is 2.29. The molecule has 2 aliphatic rings. The van der Waals surface area contributed by atoms with Gasteiger partial charge in [-0.3, -0.25) is 0 Å². The molecule has 0 aromatic carbocycles. The Hall–Kier alpha value is -0.0800. The maximum Gasteiger partial charge on any atom is 0.0595 e. The van der Waals surface area contributed by atoms with Crippen LogP contribution < -0.4 is 5.32 Å². The molecule has 0 aromatic rings. The van der Waals surface area contributed by atoms with E-state index < -0.39 is 0 Å². The lowest BCUT2D eigenvalue weighted by molar-refractivity contribution is 0.0619. The average molecular weight is 141 g/mol. The summed E-state index contributed by atoms with van der Waals surface area (Å²) in [5, 5.41) is 13.0. The van der Waals surface area contributed by atoms with Crippen LogP contribution in [-0.2, 0) is 0 Å². The largest absolute Gasteiger partial charge is 0.393 e. The molecule has 2 aliphatic heterocycles. The van der Waals surface area contributed by atoms with Crippen molar-refractivity contribution in [1.82, 2.24) is 5.32 Å². The Morgan fingerprint density at radius 3 is 3.00 bits per heavy atom. The Labute approximate surface area is 61.6 Å². The first-order valence-electron chi connectivity index (χ1n) is 4.21. The van der Waals surface area contributed by atoms with E-state index in [1.807, 2.05) is 0 Å². The minimum Gasteiger partial charge on any atom is -0.393 e. The number of nitrogens with one attached hydrogen (secondary N) is 1. The minimum atomic E-state index is -0.0428. The van der Waals surface area contributed by atoms with Crippen LogP contribution in [-0.4, -0.2) is 23.3 Å². The van der Waals surface area contributed by atoms with Crippen molar-refractivity contribution in [2.75, 3.05) is 0 Å². The van der Waals surface area contributed by atoms with Crippen LogP contribution in [0.25, 0.3) is 0 Å². The van der Waals surface area contributed by atoms with Gasteiger partial charge in [0.2, 0.25) is 0 Å². The van der Waals surface area contributed by atoms with E-state index in [-0.39, 0.29) is 6.10 Å². The summed E-state index contributed by atoms with van der Waals surface area (Å²) in [6.07, 6.45) is 3.46. The summed E-state index contributed by atoms with van der Waals surface area (Å²) in [6, 6.07) is 1.23. The molecule has 0 radical (unpaired) electrons. The Morgan fingerprint density at radius 2 is 2.20 bits per heavy atom. The van der Waals surface area contributed by atoms with Crippen molar-refractivity contribution in [3.05, 3.63) is 0 Å². The number of aliphatic hydroxyl groups excluding tert-OH is 1. The molecule has 2 heteroatoms. The fraction of sp³-hybridized carbons (Fsp3) is 1.00. The van der Waals surface area contributed by atoms with Crippen LogP contribution in [0.4, 0.5) is 0 Å². The molecule has 2 rings (SSSR count). The third-order valence-electron chi connectivity index (χ3n) is 3.04. The van der Waals surface area contributed by atoms with Crippen molar-refractivity contribution in [2.24, 2.45) is 5.92 Å². The summed E-state index contributed by atoms with van der Waals surface area (Å²) in [5.41, 5.74) is 0. The summed E-state index contributed by atoms with van der Waals surface area (Å²) in [4.78, 5) is 0. The first-order valence-corrected chi connectivity index (χ1v) is 4.21. The highest BCUT2D eigenvalue weighted by molar-refractivity contribution is 4.95. The Bertz CT molecular complexity index is 137. The molecule has 2 N–H and O–H groups in total. The quantitative estimate of drug-likeness (QED) is 0.515. The van der Waals surface area contributed by atoms with Crippen LogP contribution >= 0.6 is 0 Å². The van der Waals surface area contributed by atoms with Crippen LogP contribution in [0.1, 0.15) is 26.2 Å². The fourth-order valence-corrected chi connectivity index (χ4v) is 2.23. The van der Waals surface area contributed by atoms with Crippen molar-refractivity contribution in [3.63, 3.8) is 0 Å². The molecule has 4 atom stereocenters. The Morgan fingerprint density at radius 1 is 1.40 bits per heavy atom. The topological polar surface area (TPSA) is 32.3 Å². The normalized spacial score (nSPS) is 53.4. The summed E-state index contributed by atoms with van der Waals surface area (Å²) < 4.78 is 0. The predicted octanol–water partition coefficient (Wildman–Crippen LogP) is 0.508. The molecule has 2 heterocycles. The first kappa shape index (κ1) is 6.62. The number of hydrogen-bond donors (Lipinski definition) is 2. The van der Waals surface area contributed by atoms with Crippen molar-refractivity contribution in [1.29, 1.82) is 0 Å². The Balaban J connectivity index is 2.09. The molecule has 2 saturated heterocycles. The number of hydrogen-bond acceptors (Lipinski definition) is 2. The minimum absolute atomic E-state index is 0.0428. The van der Waals surface area contributed by atoms with Gasteiger partial charge in [-0.1, -0.05) is 6.92 Å². The van der Waals surface area contributed by atoms with E-state index in [2.05, 4.69) is 12.2 Å². The highest BCUT2D eigenvalue weighted by Gasteiger charge is 2.37. The second kappa shape index (κ2) is 2.21. The summed E-state index contributed by atoms with van der Waals surface area (Å²) in [7, 11) is 0. The standard InChI is InChI=1S/C8H15NO/c1-5-7-3-2-6(9-7)4-8(5)10/h5-10H,2-4H2,1H3. The first-order chi connectivity index (χ1) is 4.77. The van der Waals surface area contributed by atoms with Gasteiger partial charge in [0.1, 0.15) is 0 Å². The predicted molar refractivity (Wildman–Crippen MR) is 39.7 cm³/mol. The van der Waals surface area contributed by atoms with E-state index in [1.54, 1.807) is 0 Å². The van der Waals surface area contributed by atoms with Crippen LogP contribution in [0.2, 0.25) is 0 Å². The number of fused-ring (bicyclic) bond motifs is 2. The van der Waals surface area contributed by atoms with Gasteiger partial charge in [0, 0.05) is 12.1 Å². The molecule has 0 spiro atoms. The van der Waals surface area contributed by atoms with Gasteiger partial charge in [0.05, 0.1) is 6.10 Å². The van der Waals surface area contributed by atoms with Gasteiger partial charge in [-0.2, -0.15) is 0 Å². The maximum absolute atomic E-state index is 9.52. The number of aliphatic hydroxyl groups is 1. The van der Waals surface area contributed by atoms with Gasteiger partial charge in [0.25, 0.3) is 0 Å². The second-order valence-electron chi connectivity index (χ2n) is 3.71. The van der Waals surface area contributed by atoms with E-state index in [0.717, 1.165) is 6.42 Å². The van der Waals surface area contributed by atoms with Gasteiger partial charge in [-0.15, -0.1) is 0 Å². The number of rotatable bonds is 0. The van der Waals surface area contributed by atoms with E-state index in [0.29, 0.717) is 18.0 Å². The van der Waals surface area contributed by atoms with Crippen molar-refractivity contribution >= 4 is 0 Å². The lowest BCUT2D eigenvalue weighted by Crippen LogP contribution is -2.46. The summed E-state index contributed by atoms with van der Waals surface area (Å²) in [6.45, 7) is 2.14. The molecule has 2 bridgehead atoms. The molecule has 2 fully saturated rings. The van der Waals surface area contributed by atoms with Crippen LogP contribution in [0, 0.1) is 5.92 Å². The Kier molecular flexibility index (Phi) is 1.46. The molecule has 0 aromatic heterocycles. The lowest BCUT2D eigenvalue weighted by Gasteiger charge is -2.31. The molecule has 2 nitrogen and oxygen atoms in total. The van der Waals surface area contributed by atoms with Crippen molar-refractivity contribution < 1.29 is 5.11 Å². The van der Waals surface area contributed by atoms with Crippen molar-refractivity contribution in [2.45, 2.75) is 44.4 Å². The number of piperidine rings is 1. The monoisotopic (exact) mass is 141 g/mol. The molecular weight excluding hydrogens is 126 g/mol. The summed E-state index contributed by atoms with van der Waals surface area (Å²) in [5.74, 6) is 0.471. The zero-order chi connectivity index (χ0) is 7.14. The van der Waals surface area contributed by atoms with Gasteiger partial charge < -0.3 is 10.4 Å². The molecule has 4 unspecified atom stereocenters. The molecule has 10 heavy (non-hydrogen) atoms. The van der Waals surface area contributed by atoms with Gasteiger partial charge in [-0.25, -0.2) is 0 Å². The zero-order valence-electron chi connectivity index (χ0n) is 6.38. The van der Waals surface area contributed by atoms with E-state index in [4.69, 9.17) is 0 Å². The van der Waals surface area contributed by atoms with Crippen LogP contribution in [0.3, 0.4) is 0 Å². The summed E-state index contributed by atoms with van der Waals surface area (Å²) >= 11 is 0. The highest BCUT2D eigenvalue weighted by Crippen LogP contribution is 2.30. The van der Waals surface area contributed by atoms with Crippen LogP contribution in [0.5, 0.6) is 0 Å². The van der Waals surface area contributed by atoms with Crippen molar-refractivity contribution in [3.8, 4) is 0 Å². The highest BCUT2D eigenvalue weighted by atomic mass is 16.3.